The summed E-state index contributed by atoms with van der Waals surface area (Å²) in [6, 6.07) is -0.473. The molecule has 0 fully saturated rings. The van der Waals surface area contributed by atoms with Crippen LogP contribution in [0.2, 0.25) is 0 Å². The zero-order valence-electron chi connectivity index (χ0n) is 25.2. The molecular weight excluding hydrogens is 612 g/mol. The summed E-state index contributed by atoms with van der Waals surface area (Å²) in [6.45, 7) is 3.61. The van der Waals surface area contributed by atoms with Gasteiger partial charge in [-0.05, 0) is 49.8 Å². The van der Waals surface area contributed by atoms with Gasteiger partial charge in [-0.15, -0.1) is 12.6 Å². The molecule has 0 saturated heterocycles. The molecule has 0 spiro atoms. The number of carboxylic acids is 1. The number of amides is 5. The van der Waals surface area contributed by atoms with Gasteiger partial charge >= 0.3 is 5.97 Å². The quantitative estimate of drug-likeness (QED) is 0.0709. The van der Waals surface area contributed by atoms with E-state index in [1.165, 1.54) is 19.1 Å². The van der Waals surface area contributed by atoms with E-state index in [0.717, 1.165) is 0 Å². The van der Waals surface area contributed by atoms with Gasteiger partial charge in [-0.3, -0.25) is 33.6 Å². The van der Waals surface area contributed by atoms with Crippen molar-refractivity contribution in [2.24, 2.45) is 11.7 Å². The number of benzene rings is 1. The molecule has 0 saturated carbocycles. The molecule has 0 unspecified atom stereocenters. The second kappa shape index (κ2) is 19.2. The van der Waals surface area contributed by atoms with Crippen LogP contribution in [0.15, 0.2) is 24.3 Å². The number of aliphatic carboxylic acids is 1. The predicted molar refractivity (Wildman–Crippen MR) is 164 cm³/mol. The number of carboxylic acid groups (broad SMARTS) is 1. The van der Waals surface area contributed by atoms with E-state index in [4.69, 9.17) is 10.8 Å². The monoisotopic (exact) mass is 654 g/mol. The molecule has 1 aromatic rings. The van der Waals surface area contributed by atoms with Gasteiger partial charge in [-0.1, -0.05) is 26.0 Å². The van der Waals surface area contributed by atoms with Crippen LogP contribution in [0.1, 0.15) is 45.6 Å². The molecule has 0 aliphatic heterocycles. The Morgan fingerprint density at radius 3 is 1.89 bits per heavy atom. The molecule has 0 aromatic heterocycles. The first-order valence-corrected chi connectivity index (χ1v) is 14.6. The fraction of sp³-hybridized carbons (Fsp3) is 0.536. The highest BCUT2D eigenvalue weighted by Crippen LogP contribution is 2.11. The van der Waals surface area contributed by atoms with E-state index in [9.17, 15) is 43.8 Å². The standard InChI is InChI=1S/C28H42N6O10S/c1-14(2)10-20(26(42)30-12-23(39)45)33-27(43)19(8-9-22(37)38)32-24(40)15(3)31-28(44)21(13-35)34-25(41)18(29)11-16-4-6-17(36)7-5-16/h4-7,14-15,18-21,35-36H,8-13,29H2,1-3H3,(H,30,42)(H,31,44)(H,32,40)(H,33,43)(H,34,41)(H,37,38)(H,39,45)/t15-,18-,19-,20-,21-/m0/s1. The van der Waals surface area contributed by atoms with Crippen molar-refractivity contribution < 1.29 is 48.9 Å². The Hall–Kier alpha value is -4.22. The largest absolute Gasteiger partial charge is 0.508 e. The Morgan fingerprint density at radius 1 is 0.800 bits per heavy atom. The molecule has 45 heavy (non-hydrogen) atoms. The number of phenols is 1. The molecule has 5 atom stereocenters. The molecule has 0 aliphatic rings. The van der Waals surface area contributed by atoms with Gasteiger partial charge in [-0.2, -0.15) is 0 Å². The van der Waals surface area contributed by atoms with Gasteiger partial charge in [0.05, 0.1) is 19.2 Å². The average Bonchev–Trinajstić information content (AvgIpc) is 2.96. The number of hydrogen-bond acceptors (Lipinski definition) is 10. The predicted octanol–water partition coefficient (Wildman–Crippen LogP) is -2.30. The number of carbonyl (C=O) groups excluding carboxylic acids is 6. The smallest absolute Gasteiger partial charge is 0.303 e. The normalized spacial score (nSPS) is 14.2. The number of rotatable bonds is 19. The van der Waals surface area contributed by atoms with Crippen molar-refractivity contribution in [3.63, 3.8) is 0 Å². The SMILES string of the molecule is CC(C)C[C@H](NC(=O)[C@H](CCC(=O)O)NC(=O)[C@H](C)NC(=O)[C@H](CO)NC(=O)[C@@H](N)Cc1ccc(O)cc1)C(=O)NCC(=O)S. The summed E-state index contributed by atoms with van der Waals surface area (Å²) < 4.78 is 0. The summed E-state index contributed by atoms with van der Waals surface area (Å²) in [5.41, 5.74) is 6.54. The van der Waals surface area contributed by atoms with Gasteiger partial charge in [0.25, 0.3) is 0 Å². The van der Waals surface area contributed by atoms with Gasteiger partial charge in [0, 0.05) is 6.42 Å². The molecular formula is C28H42N6O10S. The Bertz CT molecular complexity index is 1210. The lowest BCUT2D eigenvalue weighted by Gasteiger charge is -2.25. The molecule has 1 rings (SSSR count). The second-order valence-electron chi connectivity index (χ2n) is 10.7. The second-order valence-corrected chi connectivity index (χ2v) is 11.2. The fourth-order valence-corrected chi connectivity index (χ4v) is 4.00. The number of phenolic OH excluding ortho intramolecular Hbond substituents is 1. The Balaban J connectivity index is 2.89. The molecule has 0 radical (unpaired) electrons. The number of thiol groups is 1. The minimum atomic E-state index is -1.48. The molecule has 17 heteroatoms. The van der Waals surface area contributed by atoms with E-state index in [0.29, 0.717) is 5.56 Å². The summed E-state index contributed by atoms with van der Waals surface area (Å²) in [4.78, 5) is 86.2. The number of aromatic hydroxyl groups is 1. The van der Waals surface area contributed by atoms with Gasteiger partial charge in [0.1, 0.15) is 29.9 Å². The van der Waals surface area contributed by atoms with Crippen LogP contribution < -0.4 is 32.3 Å². The molecule has 5 amide bonds. The minimum absolute atomic E-state index is 0.0298. The lowest BCUT2D eigenvalue weighted by molar-refractivity contribution is -0.138. The average molecular weight is 655 g/mol. The van der Waals surface area contributed by atoms with Crippen molar-refractivity contribution >= 4 is 53.2 Å². The lowest BCUT2D eigenvalue weighted by Crippen LogP contribution is -2.59. The summed E-state index contributed by atoms with van der Waals surface area (Å²) in [6.07, 6.45) is -0.640. The van der Waals surface area contributed by atoms with Crippen molar-refractivity contribution in [3.8, 4) is 5.75 Å². The molecule has 1 aromatic carbocycles. The molecule has 250 valence electrons. The molecule has 0 heterocycles. The first-order chi connectivity index (χ1) is 21.0. The topological polar surface area (TPSA) is 266 Å². The summed E-state index contributed by atoms with van der Waals surface area (Å²) in [5.74, 6) is -5.45. The van der Waals surface area contributed by atoms with Crippen molar-refractivity contribution in [2.75, 3.05) is 13.2 Å². The van der Waals surface area contributed by atoms with E-state index < -0.39 is 83.9 Å². The number of nitrogens with one attached hydrogen (secondary N) is 5. The van der Waals surface area contributed by atoms with E-state index in [1.807, 2.05) is 0 Å². The van der Waals surface area contributed by atoms with Crippen LogP contribution in [0.3, 0.4) is 0 Å². The van der Waals surface area contributed by atoms with Crippen molar-refractivity contribution in [2.45, 2.75) is 76.7 Å². The first kappa shape index (κ1) is 38.8. The maximum atomic E-state index is 13.1. The van der Waals surface area contributed by atoms with Gasteiger partial charge < -0.3 is 47.6 Å². The number of carbonyl (C=O) groups is 7. The number of aliphatic hydroxyl groups excluding tert-OH is 1. The summed E-state index contributed by atoms with van der Waals surface area (Å²) in [7, 11) is 0. The van der Waals surface area contributed by atoms with E-state index in [1.54, 1.807) is 26.0 Å². The molecule has 0 bridgehead atoms. The van der Waals surface area contributed by atoms with Gasteiger partial charge in [0.15, 0.2) is 0 Å². The molecule has 10 N–H and O–H groups in total. The van der Waals surface area contributed by atoms with Crippen LogP contribution in [0.5, 0.6) is 5.75 Å². The highest BCUT2D eigenvalue weighted by molar-refractivity contribution is 7.96. The number of hydrogen-bond donors (Lipinski definition) is 10. The summed E-state index contributed by atoms with van der Waals surface area (Å²) >= 11 is 3.58. The maximum Gasteiger partial charge on any atom is 0.303 e. The third kappa shape index (κ3) is 14.9. The zero-order valence-corrected chi connectivity index (χ0v) is 26.1. The summed E-state index contributed by atoms with van der Waals surface area (Å²) in [5, 5.41) is 39.4. The van der Waals surface area contributed by atoms with E-state index in [2.05, 4.69) is 39.2 Å². The van der Waals surface area contributed by atoms with Crippen molar-refractivity contribution in [1.82, 2.24) is 26.6 Å². The van der Waals surface area contributed by atoms with Crippen LogP contribution in [-0.4, -0.2) is 99.3 Å². The van der Waals surface area contributed by atoms with Gasteiger partial charge in [-0.25, -0.2) is 0 Å². The number of nitrogens with two attached hydrogens (primary N) is 1. The molecule has 0 aliphatic carbocycles. The molecule has 16 nitrogen and oxygen atoms in total. The van der Waals surface area contributed by atoms with E-state index >= 15 is 0 Å². The lowest BCUT2D eigenvalue weighted by atomic mass is 10.0. The Labute approximate surface area is 265 Å². The van der Waals surface area contributed by atoms with Gasteiger partial charge in [0.2, 0.25) is 34.7 Å². The van der Waals surface area contributed by atoms with Crippen molar-refractivity contribution in [3.05, 3.63) is 29.8 Å². The van der Waals surface area contributed by atoms with Crippen LogP contribution in [0, 0.1) is 5.92 Å². The van der Waals surface area contributed by atoms with E-state index in [-0.39, 0.29) is 37.5 Å². The number of aliphatic hydroxyl groups is 1. The Kier molecular flexibility index (Phi) is 16.6. The maximum absolute atomic E-state index is 13.1. The van der Waals surface area contributed by atoms with Crippen LogP contribution in [0.4, 0.5) is 0 Å². The van der Waals surface area contributed by atoms with Crippen LogP contribution >= 0.6 is 12.6 Å². The Morgan fingerprint density at radius 2 is 1.36 bits per heavy atom. The minimum Gasteiger partial charge on any atom is -0.508 e. The highest BCUT2D eigenvalue weighted by atomic mass is 32.1. The third-order valence-corrected chi connectivity index (χ3v) is 6.49. The zero-order chi connectivity index (χ0) is 34.3. The van der Waals surface area contributed by atoms with Crippen LogP contribution in [-0.2, 0) is 40.0 Å². The first-order valence-electron chi connectivity index (χ1n) is 14.1. The van der Waals surface area contributed by atoms with Crippen LogP contribution in [0.25, 0.3) is 0 Å². The highest BCUT2D eigenvalue weighted by Gasteiger charge is 2.31. The van der Waals surface area contributed by atoms with Crippen molar-refractivity contribution in [1.29, 1.82) is 0 Å². The fourth-order valence-electron chi connectivity index (χ4n) is 3.93. The third-order valence-electron chi connectivity index (χ3n) is 6.33.